The molecule has 196 valence electrons. The van der Waals surface area contributed by atoms with Gasteiger partial charge in [0.25, 0.3) is 0 Å². The normalized spacial score (nSPS) is 11.8. The van der Waals surface area contributed by atoms with Crippen molar-refractivity contribution in [3.05, 3.63) is 140 Å². The fraction of sp³-hybridized carbons (Fsp3) is 0. The first-order valence-electron chi connectivity index (χ1n) is 14.0. The van der Waals surface area contributed by atoms with Crippen molar-refractivity contribution in [2.75, 3.05) is 0 Å². The molecule has 4 heterocycles. The highest BCUT2D eigenvalue weighted by atomic mass is 15.0. The highest BCUT2D eigenvalue weighted by molar-refractivity contribution is 6.13. The molecule has 0 N–H and O–H groups in total. The Morgan fingerprint density at radius 3 is 1.76 bits per heavy atom. The second-order valence-corrected chi connectivity index (χ2v) is 10.6. The van der Waals surface area contributed by atoms with E-state index in [4.69, 9.17) is 15.0 Å². The van der Waals surface area contributed by atoms with E-state index in [1.54, 1.807) is 0 Å². The van der Waals surface area contributed by atoms with E-state index < -0.39 is 0 Å². The number of benzene rings is 5. The van der Waals surface area contributed by atoms with Crippen LogP contribution in [0.25, 0.3) is 77.8 Å². The van der Waals surface area contributed by atoms with Crippen LogP contribution in [0.15, 0.2) is 140 Å². The van der Waals surface area contributed by atoms with Crippen LogP contribution in [-0.2, 0) is 0 Å². The molecule has 0 aliphatic heterocycles. The summed E-state index contributed by atoms with van der Waals surface area (Å²) in [6.45, 7) is 0. The van der Waals surface area contributed by atoms with Gasteiger partial charge >= 0.3 is 0 Å². The van der Waals surface area contributed by atoms with Gasteiger partial charge in [0.05, 0.1) is 22.1 Å². The van der Waals surface area contributed by atoms with Crippen molar-refractivity contribution >= 4 is 43.6 Å². The van der Waals surface area contributed by atoms with Gasteiger partial charge in [-0.2, -0.15) is 0 Å². The lowest BCUT2D eigenvalue weighted by molar-refractivity contribution is 1.08. The molecule has 5 nitrogen and oxygen atoms in total. The molecule has 0 atom stereocenters. The SMILES string of the molecule is c1ccc(-c2nc(-c3ccccc3)nc(-c3ccc4c5c3ccn5c3ccccc3c3cccc5ccn4c53)n2)cc1. The van der Waals surface area contributed by atoms with Gasteiger partial charge in [0.2, 0.25) is 0 Å². The van der Waals surface area contributed by atoms with Gasteiger partial charge < -0.3 is 8.80 Å². The lowest BCUT2D eigenvalue weighted by Crippen LogP contribution is -2.00. The molecular formula is C37H23N5. The Bertz CT molecular complexity index is 2400. The van der Waals surface area contributed by atoms with E-state index in [1.165, 1.54) is 21.7 Å². The van der Waals surface area contributed by atoms with Gasteiger partial charge in [-0.05, 0) is 30.3 Å². The van der Waals surface area contributed by atoms with Gasteiger partial charge in [0.15, 0.2) is 17.5 Å². The first-order chi connectivity index (χ1) is 20.8. The number of aromatic nitrogens is 5. The number of rotatable bonds is 3. The van der Waals surface area contributed by atoms with E-state index >= 15 is 0 Å². The third-order valence-electron chi connectivity index (χ3n) is 8.19. The Morgan fingerprint density at radius 2 is 1.00 bits per heavy atom. The van der Waals surface area contributed by atoms with Crippen LogP contribution in [0.5, 0.6) is 0 Å². The Balaban J connectivity index is 1.41. The fourth-order valence-electron chi connectivity index (χ4n) is 6.28. The van der Waals surface area contributed by atoms with Gasteiger partial charge in [-0.3, -0.25) is 0 Å². The summed E-state index contributed by atoms with van der Waals surface area (Å²) in [5.41, 5.74) is 7.49. The number of hydrogen-bond acceptors (Lipinski definition) is 3. The van der Waals surface area contributed by atoms with Crippen molar-refractivity contribution in [3.8, 4) is 34.2 Å². The second kappa shape index (κ2) is 8.85. The summed E-state index contributed by atoms with van der Waals surface area (Å²) in [6.07, 6.45) is 4.35. The van der Waals surface area contributed by atoms with Crippen molar-refractivity contribution in [3.63, 3.8) is 0 Å². The summed E-state index contributed by atoms with van der Waals surface area (Å²) in [6, 6.07) is 44.2. The van der Waals surface area contributed by atoms with Crippen LogP contribution in [0.2, 0.25) is 0 Å². The third kappa shape index (κ3) is 3.34. The zero-order valence-corrected chi connectivity index (χ0v) is 22.5. The van der Waals surface area contributed by atoms with E-state index in [1.807, 2.05) is 60.7 Å². The number of para-hydroxylation sites is 2. The lowest BCUT2D eigenvalue weighted by atomic mass is 10.1. The number of fused-ring (bicyclic) bond motifs is 4. The second-order valence-electron chi connectivity index (χ2n) is 10.6. The predicted molar refractivity (Wildman–Crippen MR) is 171 cm³/mol. The molecule has 0 radical (unpaired) electrons. The predicted octanol–water partition coefficient (Wildman–Crippen LogP) is 8.84. The maximum absolute atomic E-state index is 5.04. The topological polar surface area (TPSA) is 47.5 Å². The first kappa shape index (κ1) is 22.9. The molecule has 5 aromatic carbocycles. The molecule has 0 aliphatic carbocycles. The minimum absolute atomic E-state index is 0.653. The largest absolute Gasteiger partial charge is 0.314 e. The van der Waals surface area contributed by atoms with E-state index in [0.717, 1.165) is 38.6 Å². The summed E-state index contributed by atoms with van der Waals surface area (Å²) < 4.78 is 4.63. The highest BCUT2D eigenvalue weighted by Crippen LogP contribution is 2.36. The van der Waals surface area contributed by atoms with Crippen LogP contribution < -0.4 is 0 Å². The van der Waals surface area contributed by atoms with Crippen molar-refractivity contribution in [2.24, 2.45) is 0 Å². The molecule has 9 rings (SSSR count). The van der Waals surface area contributed by atoms with E-state index in [-0.39, 0.29) is 0 Å². The van der Waals surface area contributed by atoms with Gasteiger partial charge in [-0.1, -0.05) is 97.1 Å². The molecule has 0 fully saturated rings. The van der Waals surface area contributed by atoms with Crippen molar-refractivity contribution in [2.45, 2.75) is 0 Å². The Labute approximate surface area is 241 Å². The standard InChI is InChI=1S/C37H23N5/c1-3-10-25(11-4-1)35-38-36(26-12-5-2-6-13-26)40-37(39-35)30-18-19-32-34-29(30)21-23-41(34)31-17-8-7-15-27(31)28-16-9-14-24-20-22-42(32)33(24)28/h1-23H. The molecule has 0 unspecified atom stereocenters. The zero-order valence-electron chi connectivity index (χ0n) is 22.5. The Kier molecular flexibility index (Phi) is 4.83. The van der Waals surface area contributed by atoms with Gasteiger partial charge in [-0.25, -0.2) is 15.0 Å². The van der Waals surface area contributed by atoms with Gasteiger partial charge in [0.1, 0.15) is 0 Å². The number of nitrogens with zero attached hydrogens (tertiary/aromatic N) is 5. The summed E-state index contributed by atoms with van der Waals surface area (Å²) >= 11 is 0. The quantitative estimate of drug-likeness (QED) is 0.226. The van der Waals surface area contributed by atoms with Crippen molar-refractivity contribution in [1.29, 1.82) is 0 Å². The molecule has 0 amide bonds. The van der Waals surface area contributed by atoms with Crippen LogP contribution in [0.3, 0.4) is 0 Å². The maximum atomic E-state index is 5.04. The van der Waals surface area contributed by atoms with E-state index in [2.05, 4.69) is 87.9 Å². The maximum Gasteiger partial charge on any atom is 0.164 e. The summed E-state index contributed by atoms with van der Waals surface area (Å²) in [5, 5.41) is 4.74. The third-order valence-corrected chi connectivity index (χ3v) is 8.19. The lowest BCUT2D eigenvalue weighted by Gasteiger charge is -2.12. The molecule has 0 saturated carbocycles. The smallest absolute Gasteiger partial charge is 0.164 e. The summed E-state index contributed by atoms with van der Waals surface area (Å²) in [4.78, 5) is 15.0. The van der Waals surface area contributed by atoms with Gasteiger partial charge in [0, 0.05) is 50.6 Å². The average Bonchev–Trinajstić information content (AvgIpc) is 3.70. The van der Waals surface area contributed by atoms with Crippen molar-refractivity contribution in [1.82, 2.24) is 23.8 Å². The van der Waals surface area contributed by atoms with Crippen LogP contribution >= 0.6 is 0 Å². The molecular weight excluding hydrogens is 514 g/mol. The summed E-state index contributed by atoms with van der Waals surface area (Å²) in [5.74, 6) is 1.97. The molecule has 0 bridgehead atoms. The summed E-state index contributed by atoms with van der Waals surface area (Å²) in [7, 11) is 0. The van der Waals surface area contributed by atoms with E-state index in [9.17, 15) is 0 Å². The van der Waals surface area contributed by atoms with Crippen LogP contribution in [0.1, 0.15) is 0 Å². The first-order valence-corrected chi connectivity index (χ1v) is 14.0. The highest BCUT2D eigenvalue weighted by Gasteiger charge is 2.18. The molecule has 0 aliphatic rings. The van der Waals surface area contributed by atoms with E-state index in [0.29, 0.717) is 17.5 Å². The van der Waals surface area contributed by atoms with Gasteiger partial charge in [-0.15, -0.1) is 0 Å². The fourth-order valence-corrected chi connectivity index (χ4v) is 6.28. The van der Waals surface area contributed by atoms with Crippen LogP contribution in [0, 0.1) is 0 Å². The Morgan fingerprint density at radius 1 is 0.381 bits per heavy atom. The van der Waals surface area contributed by atoms with Crippen molar-refractivity contribution < 1.29 is 0 Å². The van der Waals surface area contributed by atoms with Crippen LogP contribution in [0.4, 0.5) is 0 Å². The average molecular weight is 538 g/mol. The molecule has 42 heavy (non-hydrogen) atoms. The number of hydrogen-bond donors (Lipinski definition) is 0. The minimum Gasteiger partial charge on any atom is -0.314 e. The molecule has 0 saturated heterocycles. The monoisotopic (exact) mass is 537 g/mol. The minimum atomic E-state index is 0.653. The molecule has 0 spiro atoms. The Hall–Kier alpha value is -5.81. The van der Waals surface area contributed by atoms with Crippen LogP contribution in [-0.4, -0.2) is 23.8 Å². The molecule has 4 aromatic heterocycles. The zero-order chi connectivity index (χ0) is 27.6. The molecule has 5 heteroatoms. The molecule has 9 aromatic rings.